The predicted octanol–water partition coefficient (Wildman–Crippen LogP) is 2.69. The van der Waals surface area contributed by atoms with Gasteiger partial charge in [0, 0.05) is 38.9 Å². The molecule has 1 saturated heterocycles. The van der Waals surface area contributed by atoms with E-state index in [1.165, 1.54) is 5.56 Å². The summed E-state index contributed by atoms with van der Waals surface area (Å²) in [7, 11) is 1.87. The molecular formula is C20H25N7O2. The van der Waals surface area contributed by atoms with E-state index in [0.29, 0.717) is 38.7 Å². The van der Waals surface area contributed by atoms with E-state index in [9.17, 15) is 4.79 Å². The lowest BCUT2D eigenvalue weighted by Crippen LogP contribution is -2.49. The molecule has 3 aromatic rings. The molecule has 0 radical (unpaired) electrons. The summed E-state index contributed by atoms with van der Waals surface area (Å²) in [5, 5.41) is 8.62. The molecule has 1 aromatic carbocycles. The van der Waals surface area contributed by atoms with Crippen molar-refractivity contribution in [3.63, 3.8) is 0 Å². The number of piperazine rings is 1. The summed E-state index contributed by atoms with van der Waals surface area (Å²) in [6.07, 6.45) is 1.51. The first-order chi connectivity index (χ1) is 14.0. The van der Waals surface area contributed by atoms with Crippen molar-refractivity contribution in [2.75, 3.05) is 43.0 Å². The van der Waals surface area contributed by atoms with Crippen LogP contribution in [0.25, 0.3) is 11.0 Å². The summed E-state index contributed by atoms with van der Waals surface area (Å²) < 4.78 is 6.84. The van der Waals surface area contributed by atoms with Crippen molar-refractivity contribution in [3.8, 4) is 0 Å². The van der Waals surface area contributed by atoms with Gasteiger partial charge in [-0.3, -0.25) is 4.68 Å². The average molecular weight is 395 g/mol. The highest BCUT2D eigenvalue weighted by atomic mass is 16.6. The molecule has 1 fully saturated rings. The van der Waals surface area contributed by atoms with Crippen molar-refractivity contribution in [2.45, 2.75) is 13.8 Å². The van der Waals surface area contributed by atoms with Gasteiger partial charge in [0.15, 0.2) is 5.65 Å². The number of amides is 1. The Hall–Kier alpha value is -3.36. The number of benzene rings is 1. The molecule has 0 unspecified atom stereocenters. The minimum atomic E-state index is -0.267. The van der Waals surface area contributed by atoms with E-state index in [1.807, 2.05) is 26.1 Å². The van der Waals surface area contributed by atoms with E-state index in [0.717, 1.165) is 22.5 Å². The van der Waals surface area contributed by atoms with Crippen LogP contribution in [0.3, 0.4) is 0 Å². The van der Waals surface area contributed by atoms with Crippen LogP contribution in [-0.2, 0) is 11.8 Å². The van der Waals surface area contributed by atoms with Crippen LogP contribution in [-0.4, -0.2) is 63.5 Å². The van der Waals surface area contributed by atoms with Crippen LogP contribution >= 0.6 is 0 Å². The molecule has 9 heteroatoms. The van der Waals surface area contributed by atoms with E-state index >= 15 is 0 Å². The van der Waals surface area contributed by atoms with Crippen LogP contribution in [0, 0.1) is 6.92 Å². The standard InChI is InChI=1S/C20H25N7O2/c1-4-29-20(28)27-10-8-26(9-11-27)19-23-17(16-13-21-25(3)18(16)24-19)22-15-7-5-6-14(2)12-15/h5-7,12-13H,4,8-11H2,1-3H3,(H,22,23,24). The quantitative estimate of drug-likeness (QED) is 0.726. The normalized spacial score (nSPS) is 14.3. The molecule has 0 aliphatic carbocycles. The van der Waals surface area contributed by atoms with Crippen LogP contribution in [0.5, 0.6) is 0 Å². The maximum atomic E-state index is 11.9. The summed E-state index contributed by atoms with van der Waals surface area (Å²) in [6.45, 7) is 6.69. The molecule has 1 amide bonds. The first-order valence-electron chi connectivity index (χ1n) is 9.75. The van der Waals surface area contributed by atoms with Gasteiger partial charge >= 0.3 is 6.09 Å². The van der Waals surface area contributed by atoms with Gasteiger partial charge in [0.05, 0.1) is 18.2 Å². The van der Waals surface area contributed by atoms with Crippen molar-refractivity contribution in [1.29, 1.82) is 0 Å². The number of carbonyl (C=O) groups is 1. The molecule has 0 bridgehead atoms. The Bertz CT molecular complexity index is 1020. The topological polar surface area (TPSA) is 88.4 Å². The monoisotopic (exact) mass is 395 g/mol. The van der Waals surface area contributed by atoms with Crippen LogP contribution in [0.2, 0.25) is 0 Å². The molecule has 1 N–H and O–H groups in total. The number of anilines is 3. The lowest BCUT2D eigenvalue weighted by atomic mass is 10.2. The summed E-state index contributed by atoms with van der Waals surface area (Å²) in [6, 6.07) is 8.14. The highest BCUT2D eigenvalue weighted by molar-refractivity contribution is 5.89. The third-order valence-corrected chi connectivity index (χ3v) is 4.95. The molecular weight excluding hydrogens is 370 g/mol. The molecule has 1 aliphatic heterocycles. The SMILES string of the molecule is CCOC(=O)N1CCN(c2nc(Nc3cccc(C)c3)c3cnn(C)c3n2)CC1. The Balaban J connectivity index is 1.60. The smallest absolute Gasteiger partial charge is 0.409 e. The Labute approximate surface area is 169 Å². The number of aromatic nitrogens is 4. The van der Waals surface area contributed by atoms with Crippen molar-refractivity contribution in [1.82, 2.24) is 24.6 Å². The van der Waals surface area contributed by atoms with E-state index in [4.69, 9.17) is 14.7 Å². The van der Waals surface area contributed by atoms with Crippen molar-refractivity contribution < 1.29 is 9.53 Å². The van der Waals surface area contributed by atoms with Crippen LogP contribution < -0.4 is 10.2 Å². The van der Waals surface area contributed by atoms with Crippen molar-refractivity contribution in [2.24, 2.45) is 7.05 Å². The van der Waals surface area contributed by atoms with E-state index in [1.54, 1.807) is 15.8 Å². The first kappa shape index (κ1) is 19.0. The fraction of sp³-hybridized carbons (Fsp3) is 0.400. The summed E-state index contributed by atoms with van der Waals surface area (Å²) in [5.41, 5.74) is 2.90. The second kappa shape index (κ2) is 7.94. The summed E-state index contributed by atoms with van der Waals surface area (Å²) in [5.74, 6) is 1.34. The number of nitrogens with zero attached hydrogens (tertiary/aromatic N) is 6. The number of fused-ring (bicyclic) bond motifs is 1. The molecule has 0 spiro atoms. The van der Waals surface area contributed by atoms with Gasteiger partial charge in [0.2, 0.25) is 5.95 Å². The summed E-state index contributed by atoms with van der Waals surface area (Å²) >= 11 is 0. The molecule has 0 saturated carbocycles. The third kappa shape index (κ3) is 3.94. The van der Waals surface area contributed by atoms with Gasteiger partial charge in [-0.15, -0.1) is 0 Å². The van der Waals surface area contributed by atoms with Crippen LogP contribution in [0.15, 0.2) is 30.5 Å². The maximum Gasteiger partial charge on any atom is 0.409 e. The minimum absolute atomic E-state index is 0.267. The Morgan fingerprint density at radius 2 is 2.00 bits per heavy atom. The highest BCUT2D eigenvalue weighted by Gasteiger charge is 2.24. The number of aryl methyl sites for hydroxylation is 2. The fourth-order valence-corrected chi connectivity index (χ4v) is 3.41. The van der Waals surface area contributed by atoms with Crippen molar-refractivity contribution in [3.05, 3.63) is 36.0 Å². The largest absolute Gasteiger partial charge is 0.450 e. The van der Waals surface area contributed by atoms with Gasteiger partial charge in [-0.1, -0.05) is 12.1 Å². The zero-order valence-electron chi connectivity index (χ0n) is 16.9. The fourth-order valence-electron chi connectivity index (χ4n) is 3.41. The number of hydrogen-bond acceptors (Lipinski definition) is 7. The molecule has 152 valence electrons. The van der Waals surface area contributed by atoms with Gasteiger partial charge in [-0.2, -0.15) is 15.1 Å². The number of rotatable bonds is 4. The first-order valence-corrected chi connectivity index (χ1v) is 9.75. The molecule has 4 rings (SSSR count). The zero-order chi connectivity index (χ0) is 20.4. The zero-order valence-corrected chi connectivity index (χ0v) is 16.9. The average Bonchev–Trinajstić information content (AvgIpc) is 3.09. The van der Waals surface area contributed by atoms with E-state index < -0.39 is 0 Å². The molecule has 1 aliphatic rings. The summed E-state index contributed by atoms with van der Waals surface area (Å²) in [4.78, 5) is 25.3. The van der Waals surface area contributed by atoms with Gasteiger partial charge in [-0.25, -0.2) is 4.79 Å². The van der Waals surface area contributed by atoms with Gasteiger partial charge in [0.25, 0.3) is 0 Å². The van der Waals surface area contributed by atoms with Gasteiger partial charge < -0.3 is 19.9 Å². The number of ether oxygens (including phenoxy) is 1. The molecule has 0 atom stereocenters. The lowest BCUT2D eigenvalue weighted by molar-refractivity contribution is 0.105. The predicted molar refractivity (Wildman–Crippen MR) is 112 cm³/mol. The minimum Gasteiger partial charge on any atom is -0.450 e. The Kier molecular flexibility index (Phi) is 5.20. The highest BCUT2D eigenvalue weighted by Crippen LogP contribution is 2.27. The van der Waals surface area contributed by atoms with E-state index in [2.05, 4.69) is 34.4 Å². The van der Waals surface area contributed by atoms with Gasteiger partial charge in [0.1, 0.15) is 5.82 Å². The Morgan fingerprint density at radius 1 is 1.21 bits per heavy atom. The second-order valence-electron chi connectivity index (χ2n) is 7.05. The van der Waals surface area contributed by atoms with Crippen LogP contribution in [0.1, 0.15) is 12.5 Å². The third-order valence-electron chi connectivity index (χ3n) is 4.95. The maximum absolute atomic E-state index is 11.9. The van der Waals surface area contributed by atoms with E-state index in [-0.39, 0.29) is 6.09 Å². The second-order valence-corrected chi connectivity index (χ2v) is 7.05. The molecule has 9 nitrogen and oxygen atoms in total. The molecule has 3 heterocycles. The van der Waals surface area contributed by atoms with Crippen molar-refractivity contribution >= 4 is 34.6 Å². The lowest BCUT2D eigenvalue weighted by Gasteiger charge is -2.34. The number of nitrogens with one attached hydrogen (secondary N) is 1. The number of carbonyl (C=O) groups excluding carboxylic acids is 1. The van der Waals surface area contributed by atoms with Gasteiger partial charge in [-0.05, 0) is 31.5 Å². The Morgan fingerprint density at radius 3 is 2.72 bits per heavy atom. The number of hydrogen-bond donors (Lipinski definition) is 1. The molecule has 2 aromatic heterocycles. The van der Waals surface area contributed by atoms with Crippen LogP contribution in [0.4, 0.5) is 22.2 Å². The molecule has 29 heavy (non-hydrogen) atoms.